The van der Waals surface area contributed by atoms with E-state index in [1.54, 1.807) is 23.4 Å². The lowest BCUT2D eigenvalue weighted by atomic mass is 10.1. The van der Waals surface area contributed by atoms with Crippen LogP contribution < -0.4 is 4.74 Å². The van der Waals surface area contributed by atoms with Crippen LogP contribution in [0.5, 0.6) is 5.75 Å². The largest absolute Gasteiger partial charge is 0.496 e. The van der Waals surface area contributed by atoms with Crippen LogP contribution in [-0.2, 0) is 17.9 Å². The third-order valence-corrected chi connectivity index (χ3v) is 4.86. The predicted molar refractivity (Wildman–Crippen MR) is 106 cm³/mol. The fraction of sp³-hybridized carbons (Fsp3) is 0.238. The molecule has 0 aliphatic heterocycles. The van der Waals surface area contributed by atoms with Crippen LogP contribution in [0.15, 0.2) is 48.5 Å². The second kappa shape index (κ2) is 7.26. The SMILES string of the molecule is COc1ccccc1CN(Cc1cc2cc(C)ccc2n2nnnc12)C(C)=O. The van der Waals surface area contributed by atoms with Crippen molar-refractivity contribution >= 4 is 22.5 Å². The number of aryl methyl sites for hydroxylation is 1. The molecule has 4 aromatic rings. The lowest BCUT2D eigenvalue weighted by Gasteiger charge is -2.22. The molecule has 2 heterocycles. The van der Waals surface area contributed by atoms with Crippen LogP contribution in [-0.4, -0.2) is 38.0 Å². The Morgan fingerprint density at radius 2 is 1.89 bits per heavy atom. The highest BCUT2D eigenvalue weighted by atomic mass is 16.5. The van der Waals surface area contributed by atoms with Crippen molar-refractivity contribution in [3.05, 3.63) is 65.2 Å². The average molecular weight is 375 g/mol. The maximum atomic E-state index is 12.4. The summed E-state index contributed by atoms with van der Waals surface area (Å²) in [5.74, 6) is 0.734. The van der Waals surface area contributed by atoms with Crippen LogP contribution in [0.1, 0.15) is 23.6 Å². The van der Waals surface area contributed by atoms with Gasteiger partial charge >= 0.3 is 0 Å². The number of tetrazole rings is 1. The molecule has 2 aromatic heterocycles. The van der Waals surface area contributed by atoms with Crippen molar-refractivity contribution in [1.82, 2.24) is 24.9 Å². The second-order valence-corrected chi connectivity index (χ2v) is 6.83. The van der Waals surface area contributed by atoms with Gasteiger partial charge in [-0.2, -0.15) is 4.52 Å². The number of ether oxygens (including phenoxy) is 1. The van der Waals surface area contributed by atoms with Gasteiger partial charge in [0.25, 0.3) is 0 Å². The van der Waals surface area contributed by atoms with E-state index in [2.05, 4.69) is 27.7 Å². The molecule has 0 N–H and O–H groups in total. The lowest BCUT2D eigenvalue weighted by molar-refractivity contribution is -0.130. The molecule has 0 unspecified atom stereocenters. The van der Waals surface area contributed by atoms with E-state index in [-0.39, 0.29) is 5.91 Å². The Bertz CT molecular complexity index is 1170. The number of hydrogen-bond donors (Lipinski definition) is 0. The Hall–Kier alpha value is -3.48. The molecule has 1 amide bonds. The number of nitrogens with zero attached hydrogens (tertiary/aromatic N) is 5. The van der Waals surface area contributed by atoms with E-state index in [1.807, 2.05) is 43.3 Å². The monoisotopic (exact) mass is 375 g/mol. The van der Waals surface area contributed by atoms with E-state index in [1.165, 1.54) is 0 Å². The Morgan fingerprint density at radius 1 is 1.11 bits per heavy atom. The first-order valence-corrected chi connectivity index (χ1v) is 9.04. The van der Waals surface area contributed by atoms with Gasteiger partial charge in [-0.05, 0) is 41.6 Å². The molecule has 0 saturated carbocycles. The van der Waals surface area contributed by atoms with E-state index in [0.29, 0.717) is 18.7 Å². The van der Waals surface area contributed by atoms with Crippen LogP contribution in [0.3, 0.4) is 0 Å². The Balaban J connectivity index is 1.75. The second-order valence-electron chi connectivity index (χ2n) is 6.83. The Labute approximate surface area is 162 Å². The number of carbonyl (C=O) groups excluding carboxylic acids is 1. The van der Waals surface area contributed by atoms with Gasteiger partial charge in [0.05, 0.1) is 12.6 Å². The highest BCUT2D eigenvalue weighted by molar-refractivity contribution is 5.84. The topological polar surface area (TPSA) is 72.6 Å². The van der Waals surface area contributed by atoms with Crippen molar-refractivity contribution in [2.24, 2.45) is 0 Å². The van der Waals surface area contributed by atoms with Gasteiger partial charge in [-0.1, -0.05) is 29.8 Å². The maximum Gasteiger partial charge on any atom is 0.220 e. The van der Waals surface area contributed by atoms with Crippen LogP contribution in [0.2, 0.25) is 0 Å². The number of amides is 1. The number of carbonyl (C=O) groups is 1. The first-order valence-electron chi connectivity index (χ1n) is 9.04. The molecule has 2 aromatic carbocycles. The summed E-state index contributed by atoms with van der Waals surface area (Å²) in [6, 6.07) is 15.9. The molecule has 4 rings (SSSR count). The van der Waals surface area contributed by atoms with Crippen molar-refractivity contribution in [3.8, 4) is 5.75 Å². The number of methoxy groups -OCH3 is 1. The number of para-hydroxylation sites is 1. The molecule has 28 heavy (non-hydrogen) atoms. The van der Waals surface area contributed by atoms with Gasteiger partial charge < -0.3 is 9.64 Å². The van der Waals surface area contributed by atoms with Crippen LogP contribution in [0, 0.1) is 6.92 Å². The van der Waals surface area contributed by atoms with Crippen molar-refractivity contribution in [2.75, 3.05) is 7.11 Å². The van der Waals surface area contributed by atoms with E-state index in [4.69, 9.17) is 4.74 Å². The molecular formula is C21H21N5O2. The van der Waals surface area contributed by atoms with Gasteiger partial charge in [-0.3, -0.25) is 4.79 Å². The van der Waals surface area contributed by atoms with Crippen LogP contribution in [0.25, 0.3) is 16.6 Å². The fourth-order valence-corrected chi connectivity index (χ4v) is 3.42. The summed E-state index contributed by atoms with van der Waals surface area (Å²) in [6.07, 6.45) is 0. The average Bonchev–Trinajstić information content (AvgIpc) is 3.17. The molecule has 0 aliphatic carbocycles. The minimum atomic E-state index is -0.0270. The van der Waals surface area contributed by atoms with Crippen LogP contribution in [0.4, 0.5) is 0 Å². The number of aromatic nitrogens is 4. The normalized spacial score (nSPS) is 11.1. The van der Waals surface area contributed by atoms with E-state index < -0.39 is 0 Å². The van der Waals surface area contributed by atoms with Crippen molar-refractivity contribution < 1.29 is 9.53 Å². The zero-order chi connectivity index (χ0) is 19.7. The number of rotatable bonds is 5. The number of benzene rings is 2. The Morgan fingerprint density at radius 3 is 2.68 bits per heavy atom. The first kappa shape index (κ1) is 17.9. The summed E-state index contributed by atoms with van der Waals surface area (Å²) >= 11 is 0. The molecule has 0 spiro atoms. The van der Waals surface area contributed by atoms with Gasteiger partial charge in [-0.25, -0.2) is 0 Å². The zero-order valence-corrected chi connectivity index (χ0v) is 16.1. The third kappa shape index (κ3) is 3.26. The lowest BCUT2D eigenvalue weighted by Crippen LogP contribution is -2.28. The summed E-state index contributed by atoms with van der Waals surface area (Å²) in [6.45, 7) is 4.46. The molecule has 0 fully saturated rings. The maximum absolute atomic E-state index is 12.4. The van der Waals surface area contributed by atoms with Gasteiger partial charge in [0.15, 0.2) is 5.65 Å². The molecule has 0 bridgehead atoms. The smallest absolute Gasteiger partial charge is 0.220 e. The van der Waals surface area contributed by atoms with Crippen molar-refractivity contribution in [3.63, 3.8) is 0 Å². The highest BCUT2D eigenvalue weighted by Crippen LogP contribution is 2.24. The molecule has 0 atom stereocenters. The molecule has 0 radical (unpaired) electrons. The number of fused-ring (bicyclic) bond motifs is 3. The van der Waals surface area contributed by atoms with E-state index in [0.717, 1.165) is 33.3 Å². The minimum Gasteiger partial charge on any atom is -0.496 e. The van der Waals surface area contributed by atoms with Gasteiger partial charge in [-0.15, -0.1) is 5.10 Å². The van der Waals surface area contributed by atoms with Gasteiger partial charge in [0.1, 0.15) is 5.75 Å². The quantitative estimate of drug-likeness (QED) is 0.536. The Kier molecular flexibility index (Phi) is 4.65. The minimum absolute atomic E-state index is 0.0270. The molecule has 0 saturated heterocycles. The van der Waals surface area contributed by atoms with Crippen LogP contribution >= 0.6 is 0 Å². The third-order valence-electron chi connectivity index (χ3n) is 4.86. The predicted octanol–water partition coefficient (Wildman–Crippen LogP) is 3.14. The van der Waals surface area contributed by atoms with Crippen molar-refractivity contribution in [2.45, 2.75) is 26.9 Å². The summed E-state index contributed by atoms with van der Waals surface area (Å²) in [5, 5.41) is 13.2. The molecule has 142 valence electrons. The molecule has 7 heteroatoms. The summed E-state index contributed by atoms with van der Waals surface area (Å²) < 4.78 is 7.16. The zero-order valence-electron chi connectivity index (χ0n) is 16.1. The first-order chi connectivity index (χ1) is 13.6. The van der Waals surface area contributed by atoms with Gasteiger partial charge in [0, 0.05) is 36.5 Å². The summed E-state index contributed by atoms with van der Waals surface area (Å²) in [7, 11) is 1.63. The molecule has 7 nitrogen and oxygen atoms in total. The highest BCUT2D eigenvalue weighted by Gasteiger charge is 2.17. The summed E-state index contributed by atoms with van der Waals surface area (Å²) in [5.41, 5.74) is 4.60. The fourth-order valence-electron chi connectivity index (χ4n) is 3.42. The standard InChI is InChI=1S/C21H21N5O2/c1-14-8-9-19-17(10-14)11-18(21-22-23-24-26(19)21)13-25(15(2)27)12-16-6-4-5-7-20(16)28-3/h4-11H,12-13H2,1-3H3. The van der Waals surface area contributed by atoms with E-state index >= 15 is 0 Å². The number of pyridine rings is 1. The van der Waals surface area contributed by atoms with Crippen molar-refractivity contribution in [1.29, 1.82) is 0 Å². The molecular weight excluding hydrogens is 354 g/mol. The summed E-state index contributed by atoms with van der Waals surface area (Å²) in [4.78, 5) is 14.1. The van der Waals surface area contributed by atoms with Gasteiger partial charge in [0.2, 0.25) is 5.91 Å². The van der Waals surface area contributed by atoms with E-state index in [9.17, 15) is 4.79 Å². The number of hydrogen-bond acceptors (Lipinski definition) is 5. The molecule has 0 aliphatic rings.